The summed E-state index contributed by atoms with van der Waals surface area (Å²) in [7, 11) is 0. The number of non-ortho nitro benzene ring substituents is 1. The van der Waals surface area contributed by atoms with Gasteiger partial charge in [-0.05, 0) is 26.0 Å². The van der Waals surface area contributed by atoms with E-state index in [0.29, 0.717) is 12.1 Å². The molecule has 3 N–H and O–H groups in total. The number of aryl methyl sites for hydroxylation is 2. The molecule has 0 unspecified atom stereocenters. The number of phenolic OH excluding ortho intramolecular Hbond substituents is 1. The van der Waals surface area contributed by atoms with Crippen LogP contribution >= 0.6 is 0 Å². The molecule has 0 aliphatic carbocycles. The zero-order chi connectivity index (χ0) is 19.3. The van der Waals surface area contributed by atoms with E-state index in [9.17, 15) is 30.3 Å². The number of pyridine rings is 1. The van der Waals surface area contributed by atoms with Gasteiger partial charge in [0.05, 0.1) is 26.9 Å². The molecule has 2 rings (SSSR count). The van der Waals surface area contributed by atoms with Gasteiger partial charge in [0.15, 0.2) is 0 Å². The second kappa shape index (κ2) is 7.63. The Bertz CT molecular complexity index is 767. The number of nitro benzene ring substituents is 3. The molecule has 12 nitrogen and oxygen atoms in total. The highest BCUT2D eigenvalue weighted by Crippen LogP contribution is 2.38. The van der Waals surface area contributed by atoms with Gasteiger partial charge in [0, 0.05) is 17.1 Å². The van der Waals surface area contributed by atoms with E-state index in [2.05, 4.69) is 4.98 Å². The highest BCUT2D eigenvalue weighted by Gasteiger charge is 2.30. The Kier molecular flexibility index (Phi) is 5.86. The molecule has 0 atom stereocenters. The first-order valence-electron chi connectivity index (χ1n) is 6.54. The van der Waals surface area contributed by atoms with Gasteiger partial charge in [-0.1, -0.05) is 0 Å². The van der Waals surface area contributed by atoms with Crippen LogP contribution in [-0.2, 0) is 0 Å². The van der Waals surface area contributed by atoms with Gasteiger partial charge in [0.25, 0.3) is 11.4 Å². The minimum absolute atomic E-state index is 0.447. The van der Waals surface area contributed by atoms with E-state index in [1.54, 1.807) is 0 Å². The van der Waals surface area contributed by atoms with Crippen molar-refractivity contribution in [3.05, 3.63) is 66.0 Å². The van der Waals surface area contributed by atoms with Gasteiger partial charge < -0.3 is 10.8 Å². The number of anilines is 1. The molecule has 0 radical (unpaired) electrons. The van der Waals surface area contributed by atoms with Crippen molar-refractivity contribution in [1.29, 1.82) is 0 Å². The summed E-state index contributed by atoms with van der Waals surface area (Å²) in [6, 6.07) is 4.60. The minimum Gasteiger partial charge on any atom is -0.497 e. The van der Waals surface area contributed by atoms with Gasteiger partial charge in [-0.25, -0.2) is 0 Å². The lowest BCUT2D eigenvalue weighted by molar-refractivity contribution is -0.404. The van der Waals surface area contributed by atoms with Crippen molar-refractivity contribution in [3.63, 3.8) is 0 Å². The van der Waals surface area contributed by atoms with Gasteiger partial charge in [0.2, 0.25) is 0 Å². The number of nitrogen functional groups attached to an aromatic ring is 1. The lowest BCUT2D eigenvalue weighted by Crippen LogP contribution is -1.97. The quantitative estimate of drug-likeness (QED) is 0.617. The summed E-state index contributed by atoms with van der Waals surface area (Å²) in [4.78, 5) is 31.9. The molecule has 0 fully saturated rings. The number of aromatic hydroxyl groups is 1. The molecule has 1 heterocycles. The average molecular weight is 351 g/mol. The first kappa shape index (κ1) is 19.2. The summed E-state index contributed by atoms with van der Waals surface area (Å²) in [6.45, 7) is 3.87. The highest BCUT2D eigenvalue weighted by molar-refractivity contribution is 5.64. The van der Waals surface area contributed by atoms with Crippen molar-refractivity contribution in [2.24, 2.45) is 0 Å². The van der Waals surface area contributed by atoms with E-state index < -0.39 is 37.6 Å². The standard InChI is InChI=1S/C7H10N2.C6H3N3O7/c1-5-3-7(8)4-6(2)9-5;10-6-4(8(13)14)1-3(7(11)12)2-5(6)9(15)16/h3-4H,1-2H3,(H2,8,9);1-2,10H. The van der Waals surface area contributed by atoms with Crippen LogP contribution in [0.2, 0.25) is 0 Å². The fourth-order valence-electron chi connectivity index (χ4n) is 1.84. The number of benzene rings is 1. The summed E-state index contributed by atoms with van der Waals surface area (Å²) in [5, 5.41) is 40.2. The van der Waals surface area contributed by atoms with Crippen LogP contribution in [0, 0.1) is 44.2 Å². The average Bonchev–Trinajstić information content (AvgIpc) is 2.45. The third kappa shape index (κ3) is 5.09. The Balaban J connectivity index is 0.000000293. The number of hydrogen-bond donors (Lipinski definition) is 2. The molecule has 0 amide bonds. The number of nitrogens with zero attached hydrogens (tertiary/aromatic N) is 4. The Morgan fingerprint density at radius 3 is 1.56 bits per heavy atom. The van der Waals surface area contributed by atoms with E-state index in [0.717, 1.165) is 17.1 Å². The van der Waals surface area contributed by atoms with Crippen LogP contribution in [-0.4, -0.2) is 24.9 Å². The molecular formula is C13H13N5O7. The van der Waals surface area contributed by atoms with Crippen LogP contribution in [0.5, 0.6) is 5.75 Å². The maximum absolute atomic E-state index is 10.4. The monoisotopic (exact) mass is 351 g/mol. The number of phenols is 1. The summed E-state index contributed by atoms with van der Waals surface area (Å²) in [5.41, 5.74) is 5.27. The van der Waals surface area contributed by atoms with Gasteiger partial charge in [-0.3, -0.25) is 35.3 Å². The zero-order valence-corrected chi connectivity index (χ0v) is 13.1. The number of nitrogens with two attached hydrogens (primary N) is 1. The van der Waals surface area contributed by atoms with Crippen LogP contribution < -0.4 is 5.73 Å². The third-order valence-corrected chi connectivity index (χ3v) is 2.76. The summed E-state index contributed by atoms with van der Waals surface area (Å²) in [6.07, 6.45) is 0. The second-order valence-corrected chi connectivity index (χ2v) is 4.79. The largest absolute Gasteiger partial charge is 0.497 e. The molecular weight excluding hydrogens is 338 g/mol. The van der Waals surface area contributed by atoms with Gasteiger partial charge in [-0.15, -0.1) is 0 Å². The predicted molar refractivity (Wildman–Crippen MR) is 86.2 cm³/mol. The van der Waals surface area contributed by atoms with E-state index in [-0.39, 0.29) is 0 Å². The van der Waals surface area contributed by atoms with Crippen LogP contribution in [0.4, 0.5) is 22.7 Å². The SMILES string of the molecule is Cc1cc(N)cc(C)n1.O=[N+]([O-])c1cc([N+](=O)[O-])c(O)c([N+](=O)[O-])c1. The smallest absolute Gasteiger partial charge is 0.324 e. The number of hydrogen-bond acceptors (Lipinski definition) is 9. The fourth-order valence-corrected chi connectivity index (χ4v) is 1.84. The molecule has 25 heavy (non-hydrogen) atoms. The first-order valence-corrected chi connectivity index (χ1v) is 6.54. The van der Waals surface area contributed by atoms with Crippen molar-refractivity contribution < 1.29 is 19.9 Å². The summed E-state index contributed by atoms with van der Waals surface area (Å²) in [5.74, 6) is -1.21. The molecule has 132 valence electrons. The molecule has 0 aliphatic rings. The number of rotatable bonds is 3. The van der Waals surface area contributed by atoms with Crippen molar-refractivity contribution in [3.8, 4) is 5.75 Å². The van der Waals surface area contributed by atoms with Crippen molar-refractivity contribution >= 4 is 22.7 Å². The Morgan fingerprint density at radius 1 is 0.880 bits per heavy atom. The topological polar surface area (TPSA) is 189 Å². The molecule has 0 saturated carbocycles. The van der Waals surface area contributed by atoms with E-state index >= 15 is 0 Å². The lowest BCUT2D eigenvalue weighted by atomic mass is 10.2. The Labute approximate surface area is 140 Å². The minimum atomic E-state index is -1.21. The Hall–Kier alpha value is -3.83. The maximum Gasteiger partial charge on any atom is 0.324 e. The van der Waals surface area contributed by atoms with Gasteiger partial charge in [0.1, 0.15) is 0 Å². The van der Waals surface area contributed by atoms with Crippen LogP contribution in [0.1, 0.15) is 11.4 Å². The second-order valence-electron chi connectivity index (χ2n) is 4.79. The molecule has 0 spiro atoms. The van der Waals surface area contributed by atoms with Crippen LogP contribution in [0.15, 0.2) is 24.3 Å². The first-order chi connectivity index (χ1) is 11.5. The summed E-state index contributed by atoms with van der Waals surface area (Å²) < 4.78 is 0. The zero-order valence-electron chi connectivity index (χ0n) is 13.1. The van der Waals surface area contributed by atoms with Crippen molar-refractivity contribution in [2.45, 2.75) is 13.8 Å². The van der Waals surface area contributed by atoms with E-state index in [1.165, 1.54) is 0 Å². The molecule has 12 heteroatoms. The van der Waals surface area contributed by atoms with Gasteiger partial charge >= 0.3 is 11.4 Å². The molecule has 0 saturated heterocycles. The normalized spacial score (nSPS) is 9.68. The fraction of sp³-hybridized carbons (Fsp3) is 0.154. The number of aromatic nitrogens is 1. The molecule has 0 bridgehead atoms. The van der Waals surface area contributed by atoms with E-state index in [4.69, 9.17) is 10.8 Å². The maximum atomic E-state index is 10.4. The Morgan fingerprint density at radius 2 is 1.28 bits per heavy atom. The molecule has 1 aromatic heterocycles. The molecule has 2 aromatic rings. The van der Waals surface area contributed by atoms with Crippen molar-refractivity contribution in [2.75, 3.05) is 5.73 Å². The third-order valence-electron chi connectivity index (χ3n) is 2.76. The predicted octanol–water partition coefficient (Wildman–Crippen LogP) is 2.40. The molecule has 0 aliphatic heterocycles. The van der Waals surface area contributed by atoms with E-state index in [1.807, 2.05) is 26.0 Å². The highest BCUT2D eigenvalue weighted by atomic mass is 16.6. The summed E-state index contributed by atoms with van der Waals surface area (Å²) >= 11 is 0. The molecule has 1 aromatic carbocycles. The van der Waals surface area contributed by atoms with Gasteiger partial charge in [-0.2, -0.15) is 0 Å². The van der Waals surface area contributed by atoms with Crippen molar-refractivity contribution in [1.82, 2.24) is 4.98 Å². The van der Waals surface area contributed by atoms with Crippen LogP contribution in [0.25, 0.3) is 0 Å². The van der Waals surface area contributed by atoms with Crippen LogP contribution in [0.3, 0.4) is 0 Å². The number of nitro groups is 3. The lowest BCUT2D eigenvalue weighted by Gasteiger charge is -1.97.